The standard InChI is InChI=1S/C19H12ClFN4O/c20-16-10-13(21)5-6-15(16)18(26)23-14-4-1-3-12(9-14)17-11-25-8-2-7-22-19(25)24-17/h1-11H,(H,23,26). The van der Waals surface area contributed by atoms with Crippen molar-refractivity contribution in [2.75, 3.05) is 5.32 Å². The predicted molar refractivity (Wildman–Crippen MR) is 97.8 cm³/mol. The SMILES string of the molecule is O=C(Nc1cccc(-c2cn3cccnc3n2)c1)c1ccc(F)cc1Cl. The van der Waals surface area contributed by atoms with Gasteiger partial charge in [-0.05, 0) is 36.4 Å². The van der Waals surface area contributed by atoms with Gasteiger partial charge in [-0.25, -0.2) is 14.4 Å². The molecule has 0 atom stereocenters. The summed E-state index contributed by atoms with van der Waals surface area (Å²) in [6.07, 6.45) is 5.40. The second-order valence-corrected chi connectivity index (χ2v) is 6.02. The lowest BCUT2D eigenvalue weighted by Gasteiger charge is -2.08. The molecule has 26 heavy (non-hydrogen) atoms. The largest absolute Gasteiger partial charge is 0.322 e. The summed E-state index contributed by atoms with van der Waals surface area (Å²) in [4.78, 5) is 21.0. The highest BCUT2D eigenvalue weighted by molar-refractivity contribution is 6.34. The molecular weight excluding hydrogens is 355 g/mol. The molecule has 0 unspecified atom stereocenters. The van der Waals surface area contributed by atoms with E-state index in [1.54, 1.807) is 18.3 Å². The maximum atomic E-state index is 13.1. The van der Waals surface area contributed by atoms with E-state index >= 15 is 0 Å². The normalized spacial score (nSPS) is 10.8. The van der Waals surface area contributed by atoms with E-state index in [4.69, 9.17) is 11.6 Å². The molecule has 2 aromatic heterocycles. The van der Waals surface area contributed by atoms with Crippen molar-refractivity contribution in [3.05, 3.63) is 83.5 Å². The average molecular weight is 367 g/mol. The Morgan fingerprint density at radius 1 is 1.15 bits per heavy atom. The van der Waals surface area contributed by atoms with E-state index in [1.807, 2.05) is 35.0 Å². The summed E-state index contributed by atoms with van der Waals surface area (Å²) in [5.74, 6) is -0.312. The Bertz CT molecular complexity index is 1090. The number of imidazole rings is 1. The highest BCUT2D eigenvalue weighted by Gasteiger charge is 2.12. The highest BCUT2D eigenvalue weighted by Crippen LogP contribution is 2.23. The third-order valence-corrected chi connectivity index (χ3v) is 4.14. The zero-order valence-corrected chi connectivity index (χ0v) is 14.1. The van der Waals surface area contributed by atoms with Crippen molar-refractivity contribution in [3.63, 3.8) is 0 Å². The lowest BCUT2D eigenvalue weighted by molar-refractivity contribution is 0.102. The molecule has 0 bridgehead atoms. The smallest absolute Gasteiger partial charge is 0.257 e. The first kappa shape index (κ1) is 16.2. The summed E-state index contributed by atoms with van der Waals surface area (Å²) < 4.78 is 15.0. The van der Waals surface area contributed by atoms with Gasteiger partial charge in [-0.3, -0.25) is 9.20 Å². The molecule has 0 radical (unpaired) electrons. The number of carbonyl (C=O) groups is 1. The van der Waals surface area contributed by atoms with Gasteiger partial charge in [0.05, 0.1) is 16.3 Å². The first-order chi connectivity index (χ1) is 12.6. The fourth-order valence-electron chi connectivity index (χ4n) is 2.60. The summed E-state index contributed by atoms with van der Waals surface area (Å²) >= 11 is 5.94. The van der Waals surface area contributed by atoms with E-state index in [2.05, 4.69) is 15.3 Å². The monoisotopic (exact) mass is 366 g/mol. The van der Waals surface area contributed by atoms with E-state index in [-0.39, 0.29) is 10.6 Å². The van der Waals surface area contributed by atoms with Crippen LogP contribution in [-0.2, 0) is 0 Å². The Morgan fingerprint density at radius 3 is 2.85 bits per heavy atom. The summed E-state index contributed by atoms with van der Waals surface area (Å²) in [6, 6.07) is 12.7. The van der Waals surface area contributed by atoms with Gasteiger partial charge in [0, 0.05) is 29.8 Å². The van der Waals surface area contributed by atoms with Gasteiger partial charge in [-0.15, -0.1) is 0 Å². The molecule has 2 heterocycles. The molecule has 5 nitrogen and oxygen atoms in total. The van der Waals surface area contributed by atoms with E-state index < -0.39 is 11.7 Å². The minimum absolute atomic E-state index is 0.0603. The van der Waals surface area contributed by atoms with Gasteiger partial charge in [0.1, 0.15) is 5.82 Å². The molecule has 0 saturated carbocycles. The second-order valence-electron chi connectivity index (χ2n) is 5.61. The molecule has 0 aliphatic heterocycles. The van der Waals surface area contributed by atoms with Crippen LogP contribution < -0.4 is 5.32 Å². The van der Waals surface area contributed by atoms with Gasteiger partial charge < -0.3 is 5.32 Å². The Balaban J connectivity index is 1.62. The lowest BCUT2D eigenvalue weighted by atomic mass is 10.1. The zero-order valence-electron chi connectivity index (χ0n) is 13.4. The van der Waals surface area contributed by atoms with Crippen molar-refractivity contribution in [1.29, 1.82) is 0 Å². The topological polar surface area (TPSA) is 59.3 Å². The van der Waals surface area contributed by atoms with Crippen molar-refractivity contribution in [1.82, 2.24) is 14.4 Å². The van der Waals surface area contributed by atoms with Crippen molar-refractivity contribution in [2.24, 2.45) is 0 Å². The number of aromatic nitrogens is 3. The molecule has 128 valence electrons. The number of anilines is 1. The van der Waals surface area contributed by atoms with Crippen molar-refractivity contribution in [2.45, 2.75) is 0 Å². The molecule has 0 saturated heterocycles. The molecule has 0 fully saturated rings. The molecule has 0 spiro atoms. The van der Waals surface area contributed by atoms with Crippen molar-refractivity contribution < 1.29 is 9.18 Å². The van der Waals surface area contributed by atoms with Crippen LogP contribution in [0.2, 0.25) is 5.02 Å². The van der Waals surface area contributed by atoms with Crippen LogP contribution in [0.5, 0.6) is 0 Å². The van der Waals surface area contributed by atoms with Gasteiger partial charge in [0.25, 0.3) is 5.91 Å². The fraction of sp³-hybridized carbons (Fsp3) is 0. The number of nitrogens with zero attached hydrogens (tertiary/aromatic N) is 3. The molecular formula is C19H12ClFN4O. The van der Waals surface area contributed by atoms with Crippen LogP contribution >= 0.6 is 11.6 Å². The summed E-state index contributed by atoms with van der Waals surface area (Å²) in [5, 5.41) is 2.83. The minimum atomic E-state index is -0.492. The molecule has 4 rings (SSSR count). The molecule has 2 aromatic carbocycles. The second kappa shape index (κ2) is 6.57. The number of halogens is 2. The van der Waals surface area contributed by atoms with Gasteiger partial charge in [-0.1, -0.05) is 23.7 Å². The molecule has 1 amide bonds. The number of amides is 1. The predicted octanol–water partition coefficient (Wildman–Crippen LogP) is 4.44. The maximum absolute atomic E-state index is 13.1. The Labute approximate surface area is 153 Å². The number of fused-ring (bicyclic) bond motifs is 1. The number of hydrogen-bond donors (Lipinski definition) is 1. The number of nitrogens with one attached hydrogen (secondary N) is 1. The first-order valence-electron chi connectivity index (χ1n) is 7.77. The van der Waals surface area contributed by atoms with Gasteiger partial charge in [-0.2, -0.15) is 0 Å². The summed E-state index contributed by atoms with van der Waals surface area (Å²) in [7, 11) is 0. The van der Waals surface area contributed by atoms with Crippen LogP contribution in [0.25, 0.3) is 17.0 Å². The third-order valence-electron chi connectivity index (χ3n) is 3.83. The number of carbonyl (C=O) groups excluding carboxylic acids is 1. The molecule has 7 heteroatoms. The zero-order chi connectivity index (χ0) is 18.1. The summed E-state index contributed by atoms with van der Waals surface area (Å²) in [6.45, 7) is 0. The maximum Gasteiger partial charge on any atom is 0.257 e. The van der Waals surface area contributed by atoms with Crippen LogP contribution in [-0.4, -0.2) is 20.3 Å². The van der Waals surface area contributed by atoms with E-state index in [0.29, 0.717) is 11.5 Å². The third kappa shape index (κ3) is 3.14. The van der Waals surface area contributed by atoms with Crippen LogP contribution in [0.1, 0.15) is 10.4 Å². The molecule has 0 aliphatic rings. The van der Waals surface area contributed by atoms with E-state index in [9.17, 15) is 9.18 Å². The van der Waals surface area contributed by atoms with Crippen LogP contribution in [0.4, 0.5) is 10.1 Å². The van der Waals surface area contributed by atoms with Crippen molar-refractivity contribution in [3.8, 4) is 11.3 Å². The minimum Gasteiger partial charge on any atom is -0.322 e. The number of rotatable bonds is 3. The van der Waals surface area contributed by atoms with E-state index in [1.165, 1.54) is 12.1 Å². The Morgan fingerprint density at radius 2 is 2.04 bits per heavy atom. The Kier molecular flexibility index (Phi) is 4.10. The van der Waals surface area contributed by atoms with Gasteiger partial charge >= 0.3 is 0 Å². The number of benzene rings is 2. The summed E-state index contributed by atoms with van der Waals surface area (Å²) in [5.41, 5.74) is 2.35. The van der Waals surface area contributed by atoms with Crippen LogP contribution in [0.3, 0.4) is 0 Å². The first-order valence-corrected chi connectivity index (χ1v) is 8.14. The fourth-order valence-corrected chi connectivity index (χ4v) is 2.85. The average Bonchev–Trinajstić information content (AvgIpc) is 3.06. The number of hydrogen-bond acceptors (Lipinski definition) is 3. The molecule has 0 aliphatic carbocycles. The van der Waals surface area contributed by atoms with Crippen molar-refractivity contribution >= 4 is 29.0 Å². The van der Waals surface area contributed by atoms with Gasteiger partial charge in [0.15, 0.2) is 0 Å². The van der Waals surface area contributed by atoms with Crippen LogP contribution in [0.15, 0.2) is 67.1 Å². The van der Waals surface area contributed by atoms with Gasteiger partial charge in [0.2, 0.25) is 5.78 Å². The quantitative estimate of drug-likeness (QED) is 0.583. The molecule has 4 aromatic rings. The Hall–Kier alpha value is -3.25. The highest BCUT2D eigenvalue weighted by atomic mass is 35.5. The molecule has 1 N–H and O–H groups in total. The lowest BCUT2D eigenvalue weighted by Crippen LogP contribution is -2.12. The van der Waals surface area contributed by atoms with E-state index in [0.717, 1.165) is 17.3 Å². The van der Waals surface area contributed by atoms with Crippen LogP contribution in [0, 0.1) is 5.82 Å².